The van der Waals surface area contributed by atoms with E-state index in [9.17, 15) is 17.6 Å². The number of halogens is 1. The van der Waals surface area contributed by atoms with Gasteiger partial charge in [-0.15, -0.1) is 0 Å². The zero-order chi connectivity index (χ0) is 27.9. The molecule has 9 heteroatoms. The van der Waals surface area contributed by atoms with E-state index in [1.54, 1.807) is 0 Å². The van der Waals surface area contributed by atoms with Crippen molar-refractivity contribution in [2.45, 2.75) is 38.6 Å². The minimum absolute atomic E-state index is 0.0171. The maximum Gasteiger partial charge on any atom is 0.266 e. The van der Waals surface area contributed by atoms with Gasteiger partial charge in [-0.05, 0) is 66.3 Å². The van der Waals surface area contributed by atoms with Crippen molar-refractivity contribution in [3.63, 3.8) is 0 Å². The molecule has 1 amide bonds. The predicted molar refractivity (Wildman–Crippen MR) is 155 cm³/mol. The molecule has 1 atom stereocenters. The van der Waals surface area contributed by atoms with E-state index in [-0.39, 0.29) is 11.6 Å². The predicted octanol–water partition coefficient (Wildman–Crippen LogP) is 4.98. The van der Waals surface area contributed by atoms with Crippen molar-refractivity contribution in [3.05, 3.63) is 88.7 Å². The first kappa shape index (κ1) is 27.0. The van der Waals surface area contributed by atoms with E-state index in [2.05, 4.69) is 64.5 Å². The van der Waals surface area contributed by atoms with Gasteiger partial charge in [0.2, 0.25) is 10.0 Å². The van der Waals surface area contributed by atoms with Gasteiger partial charge in [0.05, 0.1) is 23.5 Å². The summed E-state index contributed by atoms with van der Waals surface area (Å²) in [5, 5.41) is 3.45. The molecule has 2 aliphatic heterocycles. The van der Waals surface area contributed by atoms with Crippen LogP contribution < -0.4 is 19.8 Å². The average molecular weight is 551 g/mol. The fourth-order valence-electron chi connectivity index (χ4n) is 5.66. The standard InChI is InChI=1S/C30H35FN4O3S/c1-20-8-10-23(11-9-20)34-12-14-35(15-13-34)24-7-5-6-21(16-24)27-19-30(2,3)26-18-22(31)17-25(28(26)32-27)29(36)33-39(4,37)38/h5-11,16-18,27,32H,12-15,19H2,1-4H3,(H,33,36). The molecule has 1 saturated heterocycles. The van der Waals surface area contributed by atoms with Gasteiger partial charge in [-0.1, -0.05) is 43.7 Å². The fourth-order valence-corrected chi connectivity index (χ4v) is 6.11. The second-order valence-electron chi connectivity index (χ2n) is 11.3. The molecule has 39 heavy (non-hydrogen) atoms. The van der Waals surface area contributed by atoms with E-state index in [1.165, 1.54) is 17.3 Å². The maximum atomic E-state index is 14.6. The van der Waals surface area contributed by atoms with E-state index in [0.717, 1.165) is 49.8 Å². The van der Waals surface area contributed by atoms with E-state index < -0.39 is 27.2 Å². The quantitative estimate of drug-likeness (QED) is 0.466. The Morgan fingerprint density at radius 1 is 0.974 bits per heavy atom. The zero-order valence-corrected chi connectivity index (χ0v) is 23.6. The van der Waals surface area contributed by atoms with E-state index >= 15 is 0 Å². The molecule has 5 rings (SSSR count). The number of amides is 1. The van der Waals surface area contributed by atoms with Crippen molar-refractivity contribution in [1.29, 1.82) is 0 Å². The van der Waals surface area contributed by atoms with Crippen molar-refractivity contribution in [3.8, 4) is 0 Å². The van der Waals surface area contributed by atoms with Crippen LogP contribution in [0.5, 0.6) is 0 Å². The Balaban J connectivity index is 1.38. The summed E-state index contributed by atoms with van der Waals surface area (Å²) in [6.07, 6.45) is 1.59. The lowest BCUT2D eigenvalue weighted by molar-refractivity contribution is 0.0981. The van der Waals surface area contributed by atoms with Crippen molar-refractivity contribution in [2.75, 3.05) is 47.6 Å². The first-order valence-corrected chi connectivity index (χ1v) is 15.1. The van der Waals surface area contributed by atoms with Gasteiger partial charge in [0.1, 0.15) is 5.82 Å². The number of carbonyl (C=O) groups excluding carboxylic acids is 1. The topological polar surface area (TPSA) is 81.8 Å². The van der Waals surface area contributed by atoms with Crippen molar-refractivity contribution in [1.82, 2.24) is 4.72 Å². The first-order valence-electron chi connectivity index (χ1n) is 13.2. The molecule has 0 radical (unpaired) electrons. The monoisotopic (exact) mass is 550 g/mol. The number of hydrogen-bond acceptors (Lipinski definition) is 6. The number of benzene rings is 3. The second kappa shape index (κ2) is 10.2. The van der Waals surface area contributed by atoms with Crippen LogP contribution in [0.15, 0.2) is 60.7 Å². The number of nitrogens with zero attached hydrogens (tertiary/aromatic N) is 2. The third kappa shape index (κ3) is 5.88. The summed E-state index contributed by atoms with van der Waals surface area (Å²) in [5.74, 6) is -1.43. The SMILES string of the molecule is Cc1ccc(N2CCN(c3cccc(C4CC(C)(C)c5cc(F)cc(C(=O)NS(C)(=O)=O)c5N4)c3)CC2)cc1. The highest BCUT2D eigenvalue weighted by atomic mass is 32.2. The highest BCUT2D eigenvalue weighted by molar-refractivity contribution is 7.89. The van der Waals surface area contributed by atoms with Gasteiger partial charge >= 0.3 is 0 Å². The number of nitrogens with one attached hydrogen (secondary N) is 2. The molecule has 0 saturated carbocycles. The highest BCUT2D eigenvalue weighted by Gasteiger charge is 2.37. The minimum Gasteiger partial charge on any atom is -0.377 e. The second-order valence-corrected chi connectivity index (χ2v) is 13.0. The summed E-state index contributed by atoms with van der Waals surface area (Å²) in [6.45, 7) is 9.80. The molecule has 206 valence electrons. The van der Waals surface area contributed by atoms with Crippen LogP contribution in [-0.2, 0) is 15.4 Å². The number of piperazine rings is 1. The van der Waals surface area contributed by atoms with Crippen LogP contribution in [0, 0.1) is 12.7 Å². The third-order valence-electron chi connectivity index (χ3n) is 7.70. The van der Waals surface area contributed by atoms with Crippen LogP contribution in [0.3, 0.4) is 0 Å². The van der Waals surface area contributed by atoms with E-state index in [4.69, 9.17) is 0 Å². The van der Waals surface area contributed by atoms with Gasteiger partial charge in [0.15, 0.2) is 0 Å². The van der Waals surface area contributed by atoms with Crippen molar-refractivity contribution in [2.24, 2.45) is 0 Å². The summed E-state index contributed by atoms with van der Waals surface area (Å²) < 4.78 is 40.0. The number of rotatable bonds is 5. The van der Waals surface area contributed by atoms with Crippen LogP contribution in [0.2, 0.25) is 0 Å². The summed E-state index contributed by atoms with van der Waals surface area (Å²) in [5.41, 5.74) is 5.34. The van der Waals surface area contributed by atoms with Gasteiger partial charge in [0.25, 0.3) is 5.91 Å². The van der Waals surface area contributed by atoms with Gasteiger partial charge in [-0.3, -0.25) is 4.79 Å². The Morgan fingerprint density at radius 2 is 1.62 bits per heavy atom. The molecule has 0 aromatic heterocycles. The summed E-state index contributed by atoms with van der Waals surface area (Å²) in [6, 6.07) is 19.4. The Kier molecular flexibility index (Phi) is 7.05. The molecular formula is C30H35FN4O3S. The average Bonchev–Trinajstić information content (AvgIpc) is 2.88. The molecule has 7 nitrogen and oxygen atoms in total. The third-order valence-corrected chi connectivity index (χ3v) is 8.26. The summed E-state index contributed by atoms with van der Waals surface area (Å²) >= 11 is 0. The highest BCUT2D eigenvalue weighted by Crippen LogP contribution is 2.46. The molecule has 1 unspecified atom stereocenters. The van der Waals surface area contributed by atoms with Crippen LogP contribution in [0.1, 0.15) is 53.4 Å². The smallest absolute Gasteiger partial charge is 0.266 e. The molecule has 0 bridgehead atoms. The Labute approximate surface area is 230 Å². The number of aryl methyl sites for hydroxylation is 1. The molecule has 2 N–H and O–H groups in total. The number of carbonyl (C=O) groups is 1. The first-order chi connectivity index (χ1) is 18.4. The molecular weight excluding hydrogens is 515 g/mol. The largest absolute Gasteiger partial charge is 0.377 e. The van der Waals surface area contributed by atoms with Gasteiger partial charge in [-0.2, -0.15) is 0 Å². The molecule has 2 aliphatic rings. The number of anilines is 3. The number of sulfonamides is 1. The Bertz CT molecular complexity index is 1500. The van der Waals surface area contributed by atoms with E-state index in [1.807, 2.05) is 24.6 Å². The van der Waals surface area contributed by atoms with Crippen LogP contribution in [-0.4, -0.2) is 46.8 Å². The number of hydrogen-bond donors (Lipinski definition) is 2. The number of fused-ring (bicyclic) bond motifs is 1. The molecule has 2 heterocycles. The Morgan fingerprint density at radius 3 is 2.26 bits per heavy atom. The Hall–Kier alpha value is -3.59. The van der Waals surface area contributed by atoms with Crippen molar-refractivity contribution >= 4 is 33.0 Å². The fraction of sp³-hybridized carbons (Fsp3) is 0.367. The van der Waals surface area contributed by atoms with Gasteiger partial charge in [0, 0.05) is 37.6 Å². The molecule has 0 spiro atoms. The lowest BCUT2D eigenvalue weighted by Crippen LogP contribution is -2.46. The van der Waals surface area contributed by atoms with E-state index in [0.29, 0.717) is 17.7 Å². The molecule has 3 aromatic rings. The summed E-state index contributed by atoms with van der Waals surface area (Å²) in [7, 11) is -3.81. The van der Waals surface area contributed by atoms with Crippen molar-refractivity contribution < 1.29 is 17.6 Å². The minimum atomic E-state index is -3.81. The van der Waals surface area contributed by atoms with Gasteiger partial charge in [-0.25, -0.2) is 17.5 Å². The zero-order valence-electron chi connectivity index (χ0n) is 22.8. The lowest BCUT2D eigenvalue weighted by Gasteiger charge is -2.40. The molecule has 3 aromatic carbocycles. The van der Waals surface area contributed by atoms with Crippen LogP contribution in [0.25, 0.3) is 0 Å². The maximum absolute atomic E-state index is 14.6. The van der Waals surface area contributed by atoms with Crippen LogP contribution >= 0.6 is 0 Å². The molecule has 0 aliphatic carbocycles. The van der Waals surface area contributed by atoms with Gasteiger partial charge < -0.3 is 15.1 Å². The van der Waals surface area contributed by atoms with Crippen LogP contribution in [0.4, 0.5) is 21.5 Å². The normalized spacial score (nSPS) is 18.7. The molecule has 1 fully saturated rings. The lowest BCUT2D eigenvalue weighted by atomic mass is 9.73. The summed E-state index contributed by atoms with van der Waals surface area (Å²) in [4.78, 5) is 17.6.